The molecule has 1 fully saturated rings. The highest BCUT2D eigenvalue weighted by molar-refractivity contribution is 7.88. The number of piperidine rings is 1. The van der Waals surface area contributed by atoms with Crippen LogP contribution in [0.25, 0.3) is 0 Å². The van der Waals surface area contributed by atoms with Crippen molar-refractivity contribution in [1.29, 1.82) is 0 Å². The SMILES string of the molecule is CCC1(C(=O)OC(C)(C)C)CCCN(S(=O)(=O)c2ncc[nH]2)C1. The predicted octanol–water partition coefficient (Wildman–Crippen LogP) is 1.93. The molecule has 1 aromatic rings. The number of imidazole rings is 1. The molecule has 0 spiro atoms. The molecule has 23 heavy (non-hydrogen) atoms. The molecule has 1 N–H and O–H groups in total. The summed E-state index contributed by atoms with van der Waals surface area (Å²) < 4.78 is 32.2. The number of carbonyl (C=O) groups excluding carboxylic acids is 1. The molecule has 0 radical (unpaired) electrons. The lowest BCUT2D eigenvalue weighted by molar-refractivity contribution is -0.170. The number of hydrogen-bond donors (Lipinski definition) is 1. The highest BCUT2D eigenvalue weighted by atomic mass is 32.2. The molecule has 130 valence electrons. The van der Waals surface area contributed by atoms with Crippen molar-refractivity contribution in [2.24, 2.45) is 5.41 Å². The summed E-state index contributed by atoms with van der Waals surface area (Å²) in [5.74, 6) is -0.327. The molecule has 0 aliphatic carbocycles. The Morgan fingerprint density at radius 3 is 2.70 bits per heavy atom. The summed E-state index contributed by atoms with van der Waals surface area (Å²) in [6.07, 6.45) is 4.65. The molecular weight excluding hydrogens is 318 g/mol. The molecule has 1 atom stereocenters. The lowest BCUT2D eigenvalue weighted by Gasteiger charge is -2.40. The predicted molar refractivity (Wildman–Crippen MR) is 85.1 cm³/mol. The molecule has 1 aromatic heterocycles. The van der Waals surface area contributed by atoms with E-state index in [1.807, 2.05) is 27.7 Å². The number of sulfonamides is 1. The third-order valence-electron chi connectivity index (χ3n) is 4.11. The maximum Gasteiger partial charge on any atom is 0.313 e. The molecule has 2 rings (SSSR count). The van der Waals surface area contributed by atoms with E-state index in [4.69, 9.17) is 4.74 Å². The molecule has 0 bridgehead atoms. The van der Waals surface area contributed by atoms with Crippen LogP contribution in [0.3, 0.4) is 0 Å². The Bertz CT molecular complexity index is 649. The molecule has 2 heterocycles. The second kappa shape index (κ2) is 6.24. The fourth-order valence-corrected chi connectivity index (χ4v) is 4.24. The first-order valence-electron chi connectivity index (χ1n) is 7.84. The van der Waals surface area contributed by atoms with E-state index in [1.165, 1.54) is 16.7 Å². The van der Waals surface area contributed by atoms with Gasteiger partial charge in [0, 0.05) is 25.5 Å². The Labute approximate surface area is 137 Å². The Morgan fingerprint density at radius 2 is 2.17 bits per heavy atom. The van der Waals surface area contributed by atoms with Crippen LogP contribution in [0.1, 0.15) is 47.0 Å². The van der Waals surface area contributed by atoms with Crippen molar-refractivity contribution in [2.45, 2.75) is 57.7 Å². The van der Waals surface area contributed by atoms with Crippen LogP contribution < -0.4 is 0 Å². The zero-order chi connectivity index (χ0) is 17.3. The Morgan fingerprint density at radius 1 is 1.48 bits per heavy atom. The number of aromatic nitrogens is 2. The Hall–Kier alpha value is -1.41. The first kappa shape index (κ1) is 17.9. The fourth-order valence-electron chi connectivity index (χ4n) is 2.79. The fraction of sp³-hybridized carbons (Fsp3) is 0.733. The van der Waals surface area contributed by atoms with Crippen molar-refractivity contribution in [3.05, 3.63) is 12.4 Å². The van der Waals surface area contributed by atoms with Crippen molar-refractivity contribution < 1.29 is 17.9 Å². The van der Waals surface area contributed by atoms with Gasteiger partial charge < -0.3 is 9.72 Å². The average Bonchev–Trinajstić information content (AvgIpc) is 3.00. The van der Waals surface area contributed by atoms with Gasteiger partial charge in [-0.15, -0.1) is 0 Å². The first-order valence-corrected chi connectivity index (χ1v) is 9.28. The normalized spacial score (nSPS) is 23.7. The molecule has 1 aliphatic heterocycles. The number of carbonyl (C=O) groups is 1. The minimum absolute atomic E-state index is 0.0893. The van der Waals surface area contributed by atoms with Gasteiger partial charge in [-0.25, -0.2) is 13.4 Å². The highest BCUT2D eigenvalue weighted by Crippen LogP contribution is 2.37. The van der Waals surface area contributed by atoms with Crippen LogP contribution in [0.5, 0.6) is 0 Å². The molecule has 0 amide bonds. The smallest absolute Gasteiger partial charge is 0.313 e. The second-order valence-corrected chi connectivity index (χ2v) is 8.83. The van der Waals surface area contributed by atoms with Gasteiger partial charge in [0.1, 0.15) is 5.60 Å². The number of aromatic amines is 1. The maximum atomic E-state index is 12.7. The van der Waals surface area contributed by atoms with Crippen molar-refractivity contribution in [3.8, 4) is 0 Å². The molecule has 1 saturated heterocycles. The average molecular weight is 343 g/mol. The van der Waals surface area contributed by atoms with E-state index in [0.29, 0.717) is 25.8 Å². The number of nitrogens with one attached hydrogen (secondary N) is 1. The van der Waals surface area contributed by atoms with E-state index in [9.17, 15) is 13.2 Å². The molecule has 0 aromatic carbocycles. The van der Waals surface area contributed by atoms with Gasteiger partial charge in [0.2, 0.25) is 5.16 Å². The van der Waals surface area contributed by atoms with Crippen molar-refractivity contribution >= 4 is 16.0 Å². The minimum atomic E-state index is -3.72. The van der Waals surface area contributed by atoms with E-state index in [0.717, 1.165) is 0 Å². The topological polar surface area (TPSA) is 92.4 Å². The number of rotatable bonds is 4. The van der Waals surface area contributed by atoms with E-state index < -0.39 is 21.0 Å². The van der Waals surface area contributed by atoms with Gasteiger partial charge in [-0.3, -0.25) is 4.79 Å². The Kier molecular flexibility index (Phi) is 4.86. The van der Waals surface area contributed by atoms with Gasteiger partial charge in [-0.05, 0) is 40.0 Å². The molecule has 7 nitrogen and oxygen atoms in total. The minimum Gasteiger partial charge on any atom is -0.460 e. The first-order chi connectivity index (χ1) is 10.6. The van der Waals surface area contributed by atoms with Crippen molar-refractivity contribution in [1.82, 2.24) is 14.3 Å². The van der Waals surface area contributed by atoms with E-state index in [1.54, 1.807) is 0 Å². The van der Waals surface area contributed by atoms with E-state index >= 15 is 0 Å². The third-order valence-corrected chi connectivity index (χ3v) is 5.81. The van der Waals surface area contributed by atoms with Gasteiger partial charge in [-0.1, -0.05) is 6.92 Å². The number of esters is 1. The maximum absolute atomic E-state index is 12.7. The molecule has 8 heteroatoms. The van der Waals surface area contributed by atoms with Gasteiger partial charge >= 0.3 is 5.97 Å². The second-order valence-electron chi connectivity index (χ2n) is 6.97. The zero-order valence-corrected chi connectivity index (χ0v) is 14.9. The molecule has 1 aliphatic rings. The largest absolute Gasteiger partial charge is 0.460 e. The number of hydrogen-bond acceptors (Lipinski definition) is 5. The number of nitrogens with zero attached hydrogens (tertiary/aromatic N) is 2. The van der Waals surface area contributed by atoms with Crippen LogP contribution in [0.15, 0.2) is 17.6 Å². The van der Waals surface area contributed by atoms with Crippen LogP contribution in [-0.4, -0.2) is 47.4 Å². The summed E-state index contributed by atoms with van der Waals surface area (Å²) in [6.45, 7) is 7.85. The lowest BCUT2D eigenvalue weighted by Crippen LogP contribution is -2.51. The molecular formula is C15H25N3O4S. The van der Waals surface area contributed by atoms with Gasteiger partial charge in [0.15, 0.2) is 0 Å². The summed E-state index contributed by atoms with van der Waals surface area (Å²) in [6, 6.07) is 0. The van der Waals surface area contributed by atoms with Crippen LogP contribution in [0.2, 0.25) is 0 Å². The van der Waals surface area contributed by atoms with Crippen LogP contribution in [0, 0.1) is 5.41 Å². The third kappa shape index (κ3) is 3.74. The van der Waals surface area contributed by atoms with Crippen molar-refractivity contribution in [2.75, 3.05) is 13.1 Å². The van der Waals surface area contributed by atoms with Crippen molar-refractivity contribution in [3.63, 3.8) is 0 Å². The summed E-state index contributed by atoms with van der Waals surface area (Å²) in [4.78, 5) is 19.1. The van der Waals surface area contributed by atoms with Crippen LogP contribution >= 0.6 is 0 Å². The highest BCUT2D eigenvalue weighted by Gasteiger charge is 2.46. The standard InChI is InChI=1S/C15H25N3O4S/c1-5-15(12(19)22-14(2,3)4)7-6-10-18(11-15)23(20,21)13-16-8-9-17-13/h8-9H,5-7,10-11H2,1-4H3,(H,16,17). The van der Waals surface area contributed by atoms with E-state index in [-0.39, 0.29) is 17.7 Å². The zero-order valence-electron chi connectivity index (χ0n) is 14.1. The van der Waals surface area contributed by atoms with E-state index in [2.05, 4.69) is 9.97 Å². The van der Waals surface area contributed by atoms with Gasteiger partial charge in [0.05, 0.1) is 5.41 Å². The summed E-state index contributed by atoms with van der Waals surface area (Å²) in [5, 5.41) is -0.0893. The lowest BCUT2D eigenvalue weighted by atomic mass is 9.78. The number of ether oxygens (including phenoxy) is 1. The summed E-state index contributed by atoms with van der Waals surface area (Å²) in [5.41, 5.74) is -1.40. The van der Waals surface area contributed by atoms with Gasteiger partial charge in [0.25, 0.3) is 10.0 Å². The van der Waals surface area contributed by atoms with Crippen LogP contribution in [0.4, 0.5) is 0 Å². The van der Waals surface area contributed by atoms with Crippen LogP contribution in [-0.2, 0) is 19.6 Å². The molecule has 0 saturated carbocycles. The monoisotopic (exact) mass is 343 g/mol. The Balaban J connectivity index is 2.26. The quantitative estimate of drug-likeness (QED) is 0.843. The van der Waals surface area contributed by atoms with Gasteiger partial charge in [-0.2, -0.15) is 4.31 Å². The molecule has 1 unspecified atom stereocenters. The summed E-state index contributed by atoms with van der Waals surface area (Å²) in [7, 11) is -3.72. The number of H-pyrrole nitrogens is 1. The summed E-state index contributed by atoms with van der Waals surface area (Å²) >= 11 is 0.